The van der Waals surface area contributed by atoms with Crippen molar-refractivity contribution in [2.75, 3.05) is 0 Å². The van der Waals surface area contributed by atoms with Crippen molar-refractivity contribution in [3.63, 3.8) is 0 Å². The number of imidazole rings is 1. The van der Waals surface area contributed by atoms with Gasteiger partial charge < -0.3 is 9.88 Å². The maximum absolute atomic E-state index is 12.4. The van der Waals surface area contributed by atoms with Crippen molar-refractivity contribution in [2.45, 2.75) is 25.4 Å². The van der Waals surface area contributed by atoms with Crippen molar-refractivity contribution in [3.8, 4) is 11.4 Å². The number of benzene rings is 1. The Hall–Kier alpha value is -3.02. The Morgan fingerprint density at radius 2 is 1.92 bits per heavy atom. The standard InChI is InChI=1S/C18H17N5O/c24-18(22-15-6-7-16-19-8-9-23(16)12-15)14-10-20-17(21-11-14)13-4-2-1-3-5-13/h1-5,8-11,15H,6-7,12H2,(H,22,24)/t15-/m0/s1. The maximum atomic E-state index is 12.4. The number of aryl methyl sites for hydroxylation is 1. The van der Waals surface area contributed by atoms with Crippen molar-refractivity contribution >= 4 is 5.91 Å². The fourth-order valence-corrected chi connectivity index (χ4v) is 2.93. The van der Waals surface area contributed by atoms with Gasteiger partial charge in [-0.2, -0.15) is 0 Å². The zero-order valence-electron chi connectivity index (χ0n) is 13.1. The molecular formula is C18H17N5O. The number of carbonyl (C=O) groups excluding carboxylic acids is 1. The second-order valence-corrected chi connectivity index (χ2v) is 5.87. The lowest BCUT2D eigenvalue weighted by Crippen LogP contribution is -2.41. The van der Waals surface area contributed by atoms with Gasteiger partial charge in [-0.15, -0.1) is 0 Å². The third-order valence-corrected chi connectivity index (χ3v) is 4.22. The summed E-state index contributed by atoms with van der Waals surface area (Å²) in [7, 11) is 0. The predicted octanol–water partition coefficient (Wildman–Crippen LogP) is 2.08. The van der Waals surface area contributed by atoms with E-state index in [4.69, 9.17) is 0 Å². The average molecular weight is 319 g/mol. The fraction of sp³-hybridized carbons (Fsp3) is 0.222. The zero-order valence-corrected chi connectivity index (χ0v) is 13.1. The summed E-state index contributed by atoms with van der Waals surface area (Å²) in [5, 5.41) is 3.06. The Bertz CT molecular complexity index is 841. The highest BCUT2D eigenvalue weighted by Gasteiger charge is 2.21. The molecule has 1 aliphatic rings. The molecule has 2 aromatic heterocycles. The molecule has 0 bridgehead atoms. The highest BCUT2D eigenvalue weighted by atomic mass is 16.1. The second-order valence-electron chi connectivity index (χ2n) is 5.87. The molecule has 3 aromatic rings. The van der Waals surface area contributed by atoms with E-state index in [0.29, 0.717) is 11.4 Å². The van der Waals surface area contributed by atoms with Crippen LogP contribution >= 0.6 is 0 Å². The number of carbonyl (C=O) groups is 1. The van der Waals surface area contributed by atoms with Crippen molar-refractivity contribution < 1.29 is 4.79 Å². The quantitative estimate of drug-likeness (QED) is 0.802. The first-order valence-electron chi connectivity index (χ1n) is 7.98. The first kappa shape index (κ1) is 14.6. The Kier molecular flexibility index (Phi) is 3.78. The smallest absolute Gasteiger partial charge is 0.254 e. The van der Waals surface area contributed by atoms with Crippen LogP contribution in [0.15, 0.2) is 55.1 Å². The number of rotatable bonds is 3. The van der Waals surface area contributed by atoms with Crippen molar-refractivity contribution in [2.24, 2.45) is 0 Å². The van der Waals surface area contributed by atoms with Gasteiger partial charge in [0.2, 0.25) is 0 Å². The summed E-state index contributed by atoms with van der Waals surface area (Å²) >= 11 is 0. The molecule has 6 heteroatoms. The molecule has 24 heavy (non-hydrogen) atoms. The van der Waals surface area contributed by atoms with Gasteiger partial charge in [0, 0.05) is 49.4 Å². The summed E-state index contributed by atoms with van der Waals surface area (Å²) in [4.78, 5) is 25.3. The third kappa shape index (κ3) is 2.90. The molecule has 0 fully saturated rings. The molecule has 0 saturated carbocycles. The Balaban J connectivity index is 1.44. The average Bonchev–Trinajstić information content (AvgIpc) is 3.10. The first-order chi connectivity index (χ1) is 11.8. The van der Waals surface area contributed by atoms with Crippen molar-refractivity contribution in [1.29, 1.82) is 0 Å². The van der Waals surface area contributed by atoms with Crippen LogP contribution in [-0.4, -0.2) is 31.5 Å². The van der Waals surface area contributed by atoms with Gasteiger partial charge in [-0.25, -0.2) is 15.0 Å². The summed E-state index contributed by atoms with van der Waals surface area (Å²) in [6, 6.07) is 9.81. The Labute approximate surface area is 139 Å². The van der Waals surface area contributed by atoms with E-state index in [2.05, 4.69) is 24.8 Å². The minimum Gasteiger partial charge on any atom is -0.347 e. The van der Waals surface area contributed by atoms with E-state index >= 15 is 0 Å². The number of amides is 1. The van der Waals surface area contributed by atoms with Crippen LogP contribution in [0.3, 0.4) is 0 Å². The molecule has 0 spiro atoms. The first-order valence-corrected chi connectivity index (χ1v) is 7.98. The molecular weight excluding hydrogens is 302 g/mol. The summed E-state index contributed by atoms with van der Waals surface area (Å²) in [6.07, 6.45) is 8.68. The van der Waals surface area contributed by atoms with E-state index in [9.17, 15) is 4.79 Å². The molecule has 0 unspecified atom stereocenters. The Morgan fingerprint density at radius 1 is 1.12 bits per heavy atom. The lowest BCUT2D eigenvalue weighted by molar-refractivity contribution is 0.0927. The molecule has 1 amide bonds. The minimum absolute atomic E-state index is 0.105. The topological polar surface area (TPSA) is 72.7 Å². The van der Waals surface area contributed by atoms with Crippen molar-refractivity contribution in [3.05, 3.63) is 66.5 Å². The lowest BCUT2D eigenvalue weighted by atomic mass is 10.1. The molecule has 0 saturated heterocycles. The Morgan fingerprint density at radius 3 is 2.71 bits per heavy atom. The summed E-state index contributed by atoms with van der Waals surface area (Å²) < 4.78 is 2.09. The molecule has 0 radical (unpaired) electrons. The van der Waals surface area contributed by atoms with Gasteiger partial charge in [0.05, 0.1) is 5.56 Å². The molecule has 1 aliphatic heterocycles. The van der Waals surface area contributed by atoms with Crippen molar-refractivity contribution in [1.82, 2.24) is 24.8 Å². The summed E-state index contributed by atoms with van der Waals surface area (Å²) in [6.45, 7) is 0.754. The number of aromatic nitrogens is 4. The van der Waals surface area contributed by atoms with Gasteiger partial charge in [-0.3, -0.25) is 4.79 Å². The number of nitrogens with zero attached hydrogens (tertiary/aromatic N) is 4. The largest absolute Gasteiger partial charge is 0.347 e. The van der Waals surface area contributed by atoms with Gasteiger partial charge in [0.25, 0.3) is 5.91 Å². The van der Waals surface area contributed by atoms with E-state index in [1.807, 2.05) is 36.5 Å². The molecule has 1 aromatic carbocycles. The number of fused-ring (bicyclic) bond motifs is 1. The highest BCUT2D eigenvalue weighted by molar-refractivity contribution is 5.93. The second kappa shape index (κ2) is 6.23. The van der Waals surface area contributed by atoms with Gasteiger partial charge >= 0.3 is 0 Å². The monoisotopic (exact) mass is 319 g/mol. The van der Waals surface area contributed by atoms with Crippen LogP contribution in [0.1, 0.15) is 22.6 Å². The minimum atomic E-state index is -0.136. The highest BCUT2D eigenvalue weighted by Crippen LogP contribution is 2.15. The van der Waals surface area contributed by atoms with Gasteiger partial charge in [0.15, 0.2) is 5.82 Å². The summed E-state index contributed by atoms with van der Waals surface area (Å²) in [5.74, 6) is 1.56. The molecule has 0 aliphatic carbocycles. The van der Waals surface area contributed by atoms with Crippen LogP contribution in [0, 0.1) is 0 Å². The van der Waals surface area contributed by atoms with E-state index in [1.54, 1.807) is 18.6 Å². The maximum Gasteiger partial charge on any atom is 0.254 e. The third-order valence-electron chi connectivity index (χ3n) is 4.22. The molecule has 6 nitrogen and oxygen atoms in total. The SMILES string of the molecule is O=C(N[C@H]1CCc2nccn2C1)c1cnc(-c2ccccc2)nc1. The molecule has 3 heterocycles. The predicted molar refractivity (Wildman–Crippen MR) is 89.3 cm³/mol. The zero-order chi connectivity index (χ0) is 16.4. The molecule has 1 N–H and O–H groups in total. The van der Waals surface area contributed by atoms with Gasteiger partial charge in [-0.1, -0.05) is 30.3 Å². The lowest BCUT2D eigenvalue weighted by Gasteiger charge is -2.24. The molecule has 4 rings (SSSR count). The van der Waals surface area contributed by atoms with Crippen LogP contribution in [0.25, 0.3) is 11.4 Å². The normalized spacial score (nSPS) is 16.4. The number of hydrogen-bond acceptors (Lipinski definition) is 4. The van der Waals surface area contributed by atoms with Gasteiger partial charge in [0.1, 0.15) is 5.82 Å². The van der Waals surface area contributed by atoms with E-state index in [1.165, 1.54) is 0 Å². The van der Waals surface area contributed by atoms with Crippen LogP contribution < -0.4 is 5.32 Å². The number of nitrogens with one attached hydrogen (secondary N) is 1. The van der Waals surface area contributed by atoms with Crippen LogP contribution in [-0.2, 0) is 13.0 Å². The van der Waals surface area contributed by atoms with E-state index < -0.39 is 0 Å². The fourth-order valence-electron chi connectivity index (χ4n) is 2.93. The number of hydrogen-bond donors (Lipinski definition) is 1. The molecule has 120 valence electrons. The van der Waals surface area contributed by atoms with E-state index in [0.717, 1.165) is 30.8 Å². The van der Waals surface area contributed by atoms with Crippen LogP contribution in [0.4, 0.5) is 0 Å². The van der Waals surface area contributed by atoms with Crippen LogP contribution in [0.2, 0.25) is 0 Å². The van der Waals surface area contributed by atoms with Gasteiger partial charge in [-0.05, 0) is 6.42 Å². The van der Waals surface area contributed by atoms with Crippen LogP contribution in [0.5, 0.6) is 0 Å². The van der Waals surface area contributed by atoms with E-state index in [-0.39, 0.29) is 11.9 Å². The summed E-state index contributed by atoms with van der Waals surface area (Å²) in [5.41, 5.74) is 1.41. The molecule has 1 atom stereocenters.